The van der Waals surface area contributed by atoms with Crippen molar-refractivity contribution in [2.45, 2.75) is 0 Å². The van der Waals surface area contributed by atoms with Gasteiger partial charge in [0.05, 0.1) is 5.02 Å². The Kier molecular flexibility index (Phi) is 3.62. The summed E-state index contributed by atoms with van der Waals surface area (Å²) in [6, 6.07) is 7.35. The van der Waals surface area contributed by atoms with E-state index < -0.39 is 0 Å². The second-order valence-corrected chi connectivity index (χ2v) is 2.50. The molecule has 0 aliphatic heterocycles. The van der Waals surface area contributed by atoms with E-state index in [0.29, 0.717) is 5.02 Å². The molecule has 1 aromatic rings. The van der Waals surface area contributed by atoms with Gasteiger partial charge in [-0.15, -0.1) is 0 Å². The zero-order chi connectivity index (χ0) is 8.81. The molecule has 0 amide bonds. The van der Waals surface area contributed by atoms with E-state index in [9.17, 15) is 0 Å². The van der Waals surface area contributed by atoms with Crippen LogP contribution in [0.15, 0.2) is 24.3 Å². The fraction of sp³-hybridized carbons (Fsp3) is 0.111. The maximum Gasteiger partial charge on any atom is 0.129 e. The third-order valence-electron chi connectivity index (χ3n) is 1.25. The van der Waals surface area contributed by atoms with Gasteiger partial charge in [0.2, 0.25) is 0 Å². The zero-order valence-electron chi connectivity index (χ0n) is 6.38. The highest BCUT2D eigenvalue weighted by Gasteiger charge is 1.91. The Balaban J connectivity index is 2.77. The van der Waals surface area contributed by atoms with Crippen molar-refractivity contribution >= 4 is 11.6 Å². The Morgan fingerprint density at radius 2 is 2.17 bits per heavy atom. The topological polar surface area (TPSA) is 35.2 Å². The van der Waals surface area contributed by atoms with Crippen LogP contribution >= 0.6 is 11.6 Å². The number of hydrogen-bond donors (Lipinski definition) is 1. The standard InChI is InChI=1S/C9H8ClNO/c10-9-6-2-1-4-8(9)5-3-7-12-11/h1-2,4,6H,7,11H2. The van der Waals surface area contributed by atoms with Gasteiger partial charge in [-0.1, -0.05) is 35.6 Å². The Hall–Kier alpha value is -1.01. The van der Waals surface area contributed by atoms with Crippen molar-refractivity contribution in [3.05, 3.63) is 34.9 Å². The lowest BCUT2D eigenvalue weighted by Gasteiger charge is -1.92. The largest absolute Gasteiger partial charge is 0.292 e. The van der Waals surface area contributed by atoms with Gasteiger partial charge in [-0.3, -0.25) is 4.84 Å². The van der Waals surface area contributed by atoms with Crippen LogP contribution in [0.1, 0.15) is 5.56 Å². The Morgan fingerprint density at radius 3 is 2.83 bits per heavy atom. The molecular weight excluding hydrogens is 174 g/mol. The summed E-state index contributed by atoms with van der Waals surface area (Å²) in [6.07, 6.45) is 0. The first-order valence-electron chi connectivity index (χ1n) is 3.39. The molecule has 0 aliphatic rings. The Bertz CT molecular complexity index is 314. The van der Waals surface area contributed by atoms with E-state index in [1.54, 1.807) is 6.07 Å². The van der Waals surface area contributed by atoms with Crippen LogP contribution in [0.25, 0.3) is 0 Å². The molecule has 3 heteroatoms. The van der Waals surface area contributed by atoms with Crippen LogP contribution in [0.3, 0.4) is 0 Å². The molecule has 0 aromatic heterocycles. The van der Waals surface area contributed by atoms with Crippen LogP contribution in [0.5, 0.6) is 0 Å². The van der Waals surface area contributed by atoms with Gasteiger partial charge in [0, 0.05) is 5.56 Å². The van der Waals surface area contributed by atoms with E-state index in [4.69, 9.17) is 17.5 Å². The molecule has 0 atom stereocenters. The van der Waals surface area contributed by atoms with Crippen molar-refractivity contribution in [2.24, 2.45) is 5.90 Å². The molecule has 2 N–H and O–H groups in total. The van der Waals surface area contributed by atoms with Gasteiger partial charge in [0.15, 0.2) is 0 Å². The maximum atomic E-state index is 5.83. The van der Waals surface area contributed by atoms with Crippen molar-refractivity contribution in [1.29, 1.82) is 0 Å². The second kappa shape index (κ2) is 4.78. The highest BCUT2D eigenvalue weighted by molar-refractivity contribution is 6.31. The third-order valence-corrected chi connectivity index (χ3v) is 1.58. The number of hydrogen-bond acceptors (Lipinski definition) is 2. The van der Waals surface area contributed by atoms with Gasteiger partial charge in [-0.25, -0.2) is 5.90 Å². The van der Waals surface area contributed by atoms with Crippen molar-refractivity contribution in [3.8, 4) is 11.8 Å². The lowest BCUT2D eigenvalue weighted by atomic mass is 10.2. The smallest absolute Gasteiger partial charge is 0.129 e. The van der Waals surface area contributed by atoms with E-state index >= 15 is 0 Å². The van der Waals surface area contributed by atoms with Gasteiger partial charge >= 0.3 is 0 Å². The normalized spacial score (nSPS) is 8.83. The quantitative estimate of drug-likeness (QED) is 0.528. The molecule has 12 heavy (non-hydrogen) atoms. The van der Waals surface area contributed by atoms with Crippen LogP contribution in [-0.2, 0) is 4.84 Å². The van der Waals surface area contributed by atoms with Crippen molar-refractivity contribution in [2.75, 3.05) is 6.61 Å². The van der Waals surface area contributed by atoms with E-state index in [2.05, 4.69) is 16.7 Å². The van der Waals surface area contributed by atoms with E-state index in [1.165, 1.54) is 0 Å². The van der Waals surface area contributed by atoms with E-state index in [1.807, 2.05) is 18.2 Å². The molecule has 62 valence electrons. The monoisotopic (exact) mass is 181 g/mol. The lowest BCUT2D eigenvalue weighted by Crippen LogP contribution is -1.97. The summed E-state index contributed by atoms with van der Waals surface area (Å²) >= 11 is 5.83. The second-order valence-electron chi connectivity index (χ2n) is 2.09. The molecule has 0 radical (unpaired) electrons. The molecule has 1 rings (SSSR count). The fourth-order valence-electron chi connectivity index (χ4n) is 0.736. The number of rotatable bonds is 1. The maximum absolute atomic E-state index is 5.83. The summed E-state index contributed by atoms with van der Waals surface area (Å²) in [5.74, 6) is 10.3. The van der Waals surface area contributed by atoms with Gasteiger partial charge in [0.1, 0.15) is 6.61 Å². The summed E-state index contributed by atoms with van der Waals surface area (Å²) < 4.78 is 0. The minimum atomic E-state index is 0.214. The van der Waals surface area contributed by atoms with Crippen LogP contribution in [0.4, 0.5) is 0 Å². The minimum Gasteiger partial charge on any atom is -0.292 e. The van der Waals surface area contributed by atoms with Crippen LogP contribution in [0.2, 0.25) is 5.02 Å². The molecule has 0 bridgehead atoms. The minimum absolute atomic E-state index is 0.214. The Labute approximate surface area is 76.2 Å². The molecule has 0 fully saturated rings. The molecule has 0 unspecified atom stereocenters. The summed E-state index contributed by atoms with van der Waals surface area (Å²) in [5, 5.41) is 0.641. The molecule has 0 spiro atoms. The third kappa shape index (κ3) is 2.55. The molecule has 0 saturated carbocycles. The Morgan fingerprint density at radius 1 is 1.42 bits per heavy atom. The highest BCUT2D eigenvalue weighted by Crippen LogP contribution is 2.12. The van der Waals surface area contributed by atoms with Gasteiger partial charge in [0.25, 0.3) is 0 Å². The fourth-order valence-corrected chi connectivity index (χ4v) is 0.919. The SMILES string of the molecule is NOCC#Cc1ccccc1Cl. The van der Waals surface area contributed by atoms with Crippen molar-refractivity contribution in [3.63, 3.8) is 0 Å². The summed E-state index contributed by atoms with van der Waals surface area (Å²) in [5.41, 5.74) is 0.788. The average molecular weight is 182 g/mol. The first-order valence-corrected chi connectivity index (χ1v) is 3.77. The van der Waals surface area contributed by atoms with E-state index in [-0.39, 0.29) is 6.61 Å². The molecule has 0 heterocycles. The van der Waals surface area contributed by atoms with Crippen LogP contribution < -0.4 is 5.90 Å². The van der Waals surface area contributed by atoms with Gasteiger partial charge < -0.3 is 0 Å². The number of nitrogens with two attached hydrogens (primary N) is 1. The summed E-state index contributed by atoms with van der Waals surface area (Å²) in [6.45, 7) is 0.214. The predicted molar refractivity (Wildman–Crippen MR) is 48.5 cm³/mol. The van der Waals surface area contributed by atoms with Crippen LogP contribution in [-0.4, -0.2) is 6.61 Å². The molecule has 0 aliphatic carbocycles. The summed E-state index contributed by atoms with van der Waals surface area (Å²) in [4.78, 5) is 4.29. The van der Waals surface area contributed by atoms with Crippen molar-refractivity contribution < 1.29 is 4.84 Å². The summed E-state index contributed by atoms with van der Waals surface area (Å²) in [7, 11) is 0. The van der Waals surface area contributed by atoms with Gasteiger partial charge in [-0.2, -0.15) is 0 Å². The number of halogens is 1. The predicted octanol–water partition coefficient (Wildman–Crippen LogP) is 1.58. The highest BCUT2D eigenvalue weighted by atomic mass is 35.5. The zero-order valence-corrected chi connectivity index (χ0v) is 7.14. The first-order chi connectivity index (χ1) is 5.84. The molecule has 0 saturated heterocycles. The molecule has 1 aromatic carbocycles. The molecular formula is C9H8ClNO. The lowest BCUT2D eigenvalue weighted by molar-refractivity contribution is 0.173. The molecule has 2 nitrogen and oxygen atoms in total. The van der Waals surface area contributed by atoms with Crippen LogP contribution in [0, 0.1) is 11.8 Å². The van der Waals surface area contributed by atoms with Crippen molar-refractivity contribution in [1.82, 2.24) is 0 Å². The van der Waals surface area contributed by atoms with Gasteiger partial charge in [-0.05, 0) is 12.1 Å². The first kappa shape index (κ1) is 9.08. The average Bonchev–Trinajstić information content (AvgIpc) is 2.09. The number of benzene rings is 1. The van der Waals surface area contributed by atoms with E-state index in [0.717, 1.165) is 5.56 Å².